The third kappa shape index (κ3) is 1.68. The Morgan fingerprint density at radius 1 is 1.22 bits per heavy atom. The van der Waals surface area contributed by atoms with E-state index in [-0.39, 0.29) is 0 Å². The van der Waals surface area contributed by atoms with Gasteiger partial charge in [-0.05, 0) is 18.8 Å². The Labute approximate surface area is 57.4 Å². The van der Waals surface area contributed by atoms with Crippen LogP contribution < -0.4 is 0 Å². The van der Waals surface area contributed by atoms with Gasteiger partial charge in [-0.1, -0.05) is 19.8 Å². The summed E-state index contributed by atoms with van der Waals surface area (Å²) < 4.78 is 5.30. The first-order valence-corrected chi connectivity index (χ1v) is 3.87. The molecule has 54 valence electrons. The quantitative estimate of drug-likeness (QED) is 0.526. The summed E-state index contributed by atoms with van der Waals surface area (Å²) in [7, 11) is 1.83. The lowest BCUT2D eigenvalue weighted by Crippen LogP contribution is -2.23. The zero-order chi connectivity index (χ0) is 6.69. The van der Waals surface area contributed by atoms with Crippen LogP contribution in [0.4, 0.5) is 0 Å². The first kappa shape index (κ1) is 7.07. The molecule has 0 aliphatic heterocycles. The monoisotopic (exact) mass is 128 g/mol. The molecule has 1 aliphatic carbocycles. The van der Waals surface area contributed by atoms with Gasteiger partial charge in [-0.25, -0.2) is 0 Å². The zero-order valence-electron chi connectivity index (χ0n) is 6.39. The molecule has 0 bridgehead atoms. The minimum atomic E-state index is 0.554. The molecular formula is C8H16O. The number of ether oxygens (including phenoxy) is 1. The minimum absolute atomic E-state index is 0.554. The lowest BCUT2D eigenvalue weighted by Gasteiger charge is -2.26. The van der Waals surface area contributed by atoms with Gasteiger partial charge in [0, 0.05) is 7.11 Å². The van der Waals surface area contributed by atoms with Crippen molar-refractivity contribution in [1.29, 1.82) is 0 Å². The third-order valence-corrected chi connectivity index (χ3v) is 2.34. The normalized spacial score (nSPS) is 36.7. The highest BCUT2D eigenvalue weighted by molar-refractivity contribution is 4.71. The molecule has 1 fully saturated rings. The van der Waals surface area contributed by atoms with E-state index in [0.29, 0.717) is 6.10 Å². The highest BCUT2D eigenvalue weighted by atomic mass is 16.5. The summed E-state index contributed by atoms with van der Waals surface area (Å²) in [5.41, 5.74) is 0. The van der Waals surface area contributed by atoms with Gasteiger partial charge >= 0.3 is 0 Å². The first-order chi connectivity index (χ1) is 4.34. The van der Waals surface area contributed by atoms with E-state index in [9.17, 15) is 0 Å². The lowest BCUT2D eigenvalue weighted by molar-refractivity contribution is 0.0310. The van der Waals surface area contributed by atoms with Crippen molar-refractivity contribution in [3.63, 3.8) is 0 Å². The van der Waals surface area contributed by atoms with Crippen LogP contribution >= 0.6 is 0 Å². The van der Waals surface area contributed by atoms with Crippen molar-refractivity contribution >= 4 is 0 Å². The molecule has 0 aromatic carbocycles. The molecule has 0 aromatic rings. The van der Waals surface area contributed by atoms with Crippen LogP contribution in [0, 0.1) is 5.92 Å². The molecule has 0 heterocycles. The Bertz CT molecular complexity index is 80.6. The van der Waals surface area contributed by atoms with E-state index < -0.39 is 0 Å². The predicted octanol–water partition coefficient (Wildman–Crippen LogP) is 2.21. The molecule has 0 aromatic heterocycles. The molecule has 0 amide bonds. The zero-order valence-corrected chi connectivity index (χ0v) is 6.39. The van der Waals surface area contributed by atoms with E-state index in [0.717, 1.165) is 5.92 Å². The fraction of sp³-hybridized carbons (Fsp3) is 1.00. The van der Waals surface area contributed by atoms with Gasteiger partial charge in [0.2, 0.25) is 0 Å². The second kappa shape index (κ2) is 3.21. The van der Waals surface area contributed by atoms with Crippen LogP contribution in [0.5, 0.6) is 0 Å². The Kier molecular flexibility index (Phi) is 2.52. The summed E-state index contributed by atoms with van der Waals surface area (Å²) in [6.45, 7) is 2.29. The fourth-order valence-electron chi connectivity index (χ4n) is 1.63. The predicted molar refractivity (Wildman–Crippen MR) is 38.4 cm³/mol. The maximum Gasteiger partial charge on any atom is 0.0596 e. The molecule has 2 atom stereocenters. The largest absolute Gasteiger partial charge is 0.381 e. The van der Waals surface area contributed by atoms with Crippen LogP contribution in [-0.2, 0) is 4.74 Å². The Hall–Kier alpha value is -0.0400. The van der Waals surface area contributed by atoms with Gasteiger partial charge in [0.1, 0.15) is 0 Å². The van der Waals surface area contributed by atoms with Gasteiger partial charge in [0.15, 0.2) is 0 Å². The number of rotatable bonds is 1. The molecule has 1 rings (SSSR count). The van der Waals surface area contributed by atoms with Crippen molar-refractivity contribution in [2.45, 2.75) is 38.7 Å². The van der Waals surface area contributed by atoms with E-state index in [4.69, 9.17) is 4.74 Å². The second-order valence-corrected chi connectivity index (χ2v) is 3.04. The van der Waals surface area contributed by atoms with Crippen LogP contribution in [0.1, 0.15) is 32.6 Å². The first-order valence-electron chi connectivity index (χ1n) is 3.87. The topological polar surface area (TPSA) is 9.23 Å². The highest BCUT2D eigenvalue weighted by Gasteiger charge is 2.19. The molecule has 1 heteroatoms. The SMILES string of the molecule is CO[C@@H]1CCCC[C@H]1C. The lowest BCUT2D eigenvalue weighted by atomic mass is 9.88. The van der Waals surface area contributed by atoms with Crippen LogP contribution in [0.2, 0.25) is 0 Å². The fourth-order valence-corrected chi connectivity index (χ4v) is 1.63. The smallest absolute Gasteiger partial charge is 0.0596 e. The highest BCUT2D eigenvalue weighted by Crippen LogP contribution is 2.25. The van der Waals surface area contributed by atoms with Gasteiger partial charge in [-0.3, -0.25) is 0 Å². The summed E-state index contributed by atoms with van der Waals surface area (Å²) in [4.78, 5) is 0. The van der Waals surface area contributed by atoms with E-state index in [1.54, 1.807) is 0 Å². The molecule has 9 heavy (non-hydrogen) atoms. The van der Waals surface area contributed by atoms with E-state index >= 15 is 0 Å². The van der Waals surface area contributed by atoms with E-state index in [2.05, 4.69) is 6.92 Å². The van der Waals surface area contributed by atoms with Gasteiger partial charge in [-0.2, -0.15) is 0 Å². The van der Waals surface area contributed by atoms with Crippen molar-refractivity contribution in [2.75, 3.05) is 7.11 Å². The van der Waals surface area contributed by atoms with Crippen molar-refractivity contribution in [3.8, 4) is 0 Å². The maximum atomic E-state index is 5.30. The van der Waals surface area contributed by atoms with Crippen molar-refractivity contribution in [2.24, 2.45) is 5.92 Å². The van der Waals surface area contributed by atoms with Crippen LogP contribution in [0.3, 0.4) is 0 Å². The van der Waals surface area contributed by atoms with Crippen molar-refractivity contribution in [3.05, 3.63) is 0 Å². The standard InChI is InChI=1S/C8H16O/c1-7-5-3-4-6-8(7)9-2/h7-8H,3-6H2,1-2H3/t7-,8-/m1/s1. The average molecular weight is 128 g/mol. The minimum Gasteiger partial charge on any atom is -0.381 e. The van der Waals surface area contributed by atoms with Crippen LogP contribution in [0.15, 0.2) is 0 Å². The Balaban J connectivity index is 2.30. The van der Waals surface area contributed by atoms with Crippen molar-refractivity contribution in [1.82, 2.24) is 0 Å². The van der Waals surface area contributed by atoms with Crippen LogP contribution in [0.25, 0.3) is 0 Å². The maximum absolute atomic E-state index is 5.30. The average Bonchev–Trinajstić information content (AvgIpc) is 1.89. The second-order valence-electron chi connectivity index (χ2n) is 3.04. The molecule has 0 saturated heterocycles. The molecule has 1 saturated carbocycles. The summed E-state index contributed by atoms with van der Waals surface area (Å²) in [6.07, 6.45) is 5.96. The summed E-state index contributed by atoms with van der Waals surface area (Å²) in [5, 5.41) is 0. The number of hydrogen-bond acceptors (Lipinski definition) is 1. The van der Waals surface area contributed by atoms with E-state index in [1.807, 2.05) is 7.11 Å². The molecular weight excluding hydrogens is 112 g/mol. The molecule has 1 aliphatic rings. The van der Waals surface area contributed by atoms with Gasteiger partial charge in [0.25, 0.3) is 0 Å². The summed E-state index contributed by atoms with van der Waals surface area (Å²) in [5.74, 6) is 0.795. The molecule has 0 N–H and O–H groups in total. The molecule has 1 nitrogen and oxygen atoms in total. The number of hydrogen-bond donors (Lipinski definition) is 0. The number of methoxy groups -OCH3 is 1. The summed E-state index contributed by atoms with van der Waals surface area (Å²) in [6, 6.07) is 0. The molecule has 0 spiro atoms. The molecule has 0 unspecified atom stereocenters. The van der Waals surface area contributed by atoms with E-state index in [1.165, 1.54) is 25.7 Å². The Morgan fingerprint density at radius 3 is 2.33 bits per heavy atom. The Morgan fingerprint density at radius 2 is 1.89 bits per heavy atom. The molecule has 0 radical (unpaired) electrons. The van der Waals surface area contributed by atoms with Gasteiger partial charge in [-0.15, -0.1) is 0 Å². The summed E-state index contributed by atoms with van der Waals surface area (Å²) >= 11 is 0. The van der Waals surface area contributed by atoms with Crippen LogP contribution in [-0.4, -0.2) is 13.2 Å². The van der Waals surface area contributed by atoms with Gasteiger partial charge < -0.3 is 4.74 Å². The third-order valence-electron chi connectivity index (χ3n) is 2.34. The van der Waals surface area contributed by atoms with Gasteiger partial charge in [0.05, 0.1) is 6.10 Å². The van der Waals surface area contributed by atoms with Crippen molar-refractivity contribution < 1.29 is 4.74 Å².